The molecule has 1 aliphatic carbocycles. The number of fused-ring (bicyclic) bond motifs is 3. The first-order chi connectivity index (χ1) is 16.9. The number of phenols is 2. The largest absolute Gasteiger partial charge is 0.507 e. The van der Waals surface area contributed by atoms with Crippen LogP contribution >= 0.6 is 11.3 Å². The summed E-state index contributed by atoms with van der Waals surface area (Å²) in [5.74, 6) is -2.13. The number of phenolic OH excluding ortho intramolecular Hbond substituents is 2. The molecule has 8 heteroatoms. The van der Waals surface area contributed by atoms with Crippen LogP contribution in [0.15, 0.2) is 45.8 Å². The first-order valence-corrected chi connectivity index (χ1v) is 12.5. The Morgan fingerprint density at radius 2 is 1.86 bits per heavy atom. The van der Waals surface area contributed by atoms with E-state index in [1.165, 1.54) is 43.8 Å². The lowest BCUT2D eigenvalue weighted by Gasteiger charge is -2.28. The molecule has 0 unspecified atom stereocenters. The van der Waals surface area contributed by atoms with E-state index >= 15 is 0 Å². The van der Waals surface area contributed by atoms with Gasteiger partial charge in [-0.1, -0.05) is 17.2 Å². The Labute approximate surface area is 213 Å². The van der Waals surface area contributed by atoms with Crippen molar-refractivity contribution in [2.24, 2.45) is 0 Å². The minimum absolute atomic E-state index is 0.0667. The lowest BCUT2D eigenvalue weighted by Crippen LogP contribution is -2.38. The first kappa shape index (κ1) is 25.4. The van der Waals surface area contributed by atoms with Crippen LogP contribution in [0.2, 0.25) is 0 Å². The predicted octanol–water partition coefficient (Wildman–Crippen LogP) is 6.20. The van der Waals surface area contributed by atoms with Crippen molar-refractivity contribution in [1.82, 2.24) is 4.98 Å². The van der Waals surface area contributed by atoms with Gasteiger partial charge in [-0.3, -0.25) is 9.59 Å². The Kier molecular flexibility index (Phi) is 6.43. The van der Waals surface area contributed by atoms with Gasteiger partial charge in [0.1, 0.15) is 44.8 Å². The fourth-order valence-corrected chi connectivity index (χ4v) is 5.43. The van der Waals surface area contributed by atoms with Crippen LogP contribution in [0.3, 0.4) is 0 Å². The van der Waals surface area contributed by atoms with E-state index in [2.05, 4.69) is 24.9 Å². The zero-order chi connectivity index (χ0) is 26.5. The number of hydrogen-bond donors (Lipinski definition) is 3. The van der Waals surface area contributed by atoms with Crippen LogP contribution in [0, 0.1) is 6.92 Å². The summed E-state index contributed by atoms with van der Waals surface area (Å²) in [5.41, 5.74) is 1.51. The van der Waals surface area contributed by atoms with Crippen LogP contribution < -0.4 is 4.74 Å². The molecule has 0 radical (unpaired) electrons. The number of carbonyl (C=O) groups is 2. The van der Waals surface area contributed by atoms with Gasteiger partial charge < -0.3 is 20.1 Å². The molecule has 1 atom stereocenters. The van der Waals surface area contributed by atoms with Gasteiger partial charge in [-0.2, -0.15) is 0 Å². The molecule has 36 heavy (non-hydrogen) atoms. The van der Waals surface area contributed by atoms with Gasteiger partial charge in [-0.15, -0.1) is 11.3 Å². The minimum atomic E-state index is -1.54. The summed E-state index contributed by atoms with van der Waals surface area (Å²) in [4.78, 5) is 30.2. The Hall–Kier alpha value is -3.65. The molecule has 0 amide bonds. The van der Waals surface area contributed by atoms with Crippen LogP contribution in [-0.2, 0) is 15.0 Å². The molecule has 1 aromatic heterocycles. The molecule has 1 aliphatic heterocycles. The molecule has 0 bridgehead atoms. The van der Waals surface area contributed by atoms with Gasteiger partial charge in [-0.05, 0) is 60.5 Å². The Morgan fingerprint density at radius 3 is 2.50 bits per heavy atom. The zero-order valence-electron chi connectivity index (χ0n) is 21.1. The molecule has 2 aromatic rings. The number of hydrogen-bond acceptors (Lipinski definition) is 8. The summed E-state index contributed by atoms with van der Waals surface area (Å²) >= 11 is 1.40. The van der Waals surface area contributed by atoms with E-state index in [1.807, 2.05) is 13.0 Å². The number of carbonyl (C=O) groups excluding carboxylic acids is 2. The smallest absolute Gasteiger partial charge is 0.188 e. The highest BCUT2D eigenvalue weighted by Crippen LogP contribution is 2.59. The maximum Gasteiger partial charge on any atom is 0.188 e. The molecule has 0 fully saturated rings. The molecule has 0 saturated heterocycles. The van der Waals surface area contributed by atoms with Gasteiger partial charge in [0.05, 0.1) is 16.8 Å². The highest BCUT2D eigenvalue weighted by molar-refractivity contribution is 7.10. The van der Waals surface area contributed by atoms with Crippen LogP contribution in [0.1, 0.15) is 63.6 Å². The number of ether oxygens (including phenoxy) is 1. The average molecular weight is 508 g/mol. The highest BCUT2D eigenvalue weighted by Gasteiger charge is 2.55. The van der Waals surface area contributed by atoms with Gasteiger partial charge in [0.25, 0.3) is 0 Å². The Morgan fingerprint density at radius 1 is 1.17 bits per heavy atom. The average Bonchev–Trinajstić information content (AvgIpc) is 3.35. The number of allylic oxidation sites excluding steroid dienone is 6. The van der Waals surface area contributed by atoms with Crippen LogP contribution in [0.25, 0.3) is 17.3 Å². The van der Waals surface area contributed by atoms with Crippen molar-refractivity contribution in [3.63, 3.8) is 0 Å². The predicted molar refractivity (Wildman–Crippen MR) is 139 cm³/mol. The molecule has 4 rings (SSSR count). The molecule has 0 saturated carbocycles. The summed E-state index contributed by atoms with van der Waals surface area (Å²) in [6, 6.07) is 0. The van der Waals surface area contributed by atoms with Crippen molar-refractivity contribution in [2.75, 3.05) is 0 Å². The van der Waals surface area contributed by atoms with Crippen molar-refractivity contribution in [3.05, 3.63) is 61.9 Å². The van der Waals surface area contributed by atoms with Crippen molar-refractivity contribution in [1.29, 1.82) is 0 Å². The number of Topliss-reactive ketones (excluding diaryl/α,β-unsaturated/α-hetero) is 2. The lowest BCUT2D eigenvalue weighted by atomic mass is 9.71. The number of aromatic nitrogens is 1. The van der Waals surface area contributed by atoms with Gasteiger partial charge >= 0.3 is 0 Å². The van der Waals surface area contributed by atoms with Crippen LogP contribution in [-0.4, -0.2) is 31.9 Å². The van der Waals surface area contributed by atoms with E-state index in [-0.39, 0.29) is 45.3 Å². The molecular weight excluding hydrogens is 478 g/mol. The molecule has 0 spiro atoms. The number of benzene rings is 1. The van der Waals surface area contributed by atoms with Crippen molar-refractivity contribution >= 4 is 29.0 Å². The molecule has 7 nitrogen and oxygen atoms in total. The van der Waals surface area contributed by atoms with Gasteiger partial charge in [0.15, 0.2) is 11.6 Å². The van der Waals surface area contributed by atoms with Crippen LogP contribution in [0.5, 0.6) is 17.2 Å². The maximum absolute atomic E-state index is 13.4. The lowest BCUT2D eigenvalue weighted by molar-refractivity contribution is -0.123. The SMILES string of the molecule is CC(=O)C1=C(O)C=C2Oc3c(-c4csc(/C=C(\C)CCC=C(C)C)n4)c(O)c(C)c(O)c3[C@@]2(C)C1=O. The number of rotatable bonds is 6. The summed E-state index contributed by atoms with van der Waals surface area (Å²) in [5, 5.41) is 34.9. The topological polar surface area (TPSA) is 117 Å². The molecular formula is C28H29NO6S. The van der Waals surface area contributed by atoms with E-state index < -0.39 is 22.7 Å². The highest BCUT2D eigenvalue weighted by atomic mass is 32.1. The Bertz CT molecular complexity index is 1430. The number of aliphatic hydroxyl groups is 1. The third kappa shape index (κ3) is 3.95. The van der Waals surface area contributed by atoms with Gasteiger partial charge in [-0.25, -0.2) is 4.98 Å². The van der Waals surface area contributed by atoms with E-state index in [0.717, 1.165) is 23.4 Å². The first-order valence-electron chi connectivity index (χ1n) is 11.6. The number of aliphatic hydroxyl groups excluding tert-OH is 1. The third-order valence-electron chi connectivity index (χ3n) is 6.64. The maximum atomic E-state index is 13.4. The second kappa shape index (κ2) is 9.09. The molecule has 3 N–H and O–H groups in total. The van der Waals surface area contributed by atoms with Crippen molar-refractivity contribution in [2.45, 2.75) is 59.8 Å². The third-order valence-corrected chi connectivity index (χ3v) is 7.43. The van der Waals surface area contributed by atoms with E-state index in [0.29, 0.717) is 5.69 Å². The van der Waals surface area contributed by atoms with E-state index in [4.69, 9.17) is 4.74 Å². The number of aromatic hydroxyl groups is 2. The summed E-state index contributed by atoms with van der Waals surface area (Å²) in [6.07, 6.45) is 7.23. The van der Waals surface area contributed by atoms with Crippen molar-refractivity contribution < 1.29 is 29.6 Å². The number of thiazole rings is 1. The molecule has 2 aliphatic rings. The van der Waals surface area contributed by atoms with Crippen molar-refractivity contribution in [3.8, 4) is 28.5 Å². The minimum Gasteiger partial charge on any atom is -0.507 e. The molecule has 1 aromatic carbocycles. The summed E-state index contributed by atoms with van der Waals surface area (Å²) in [7, 11) is 0. The zero-order valence-corrected chi connectivity index (χ0v) is 22.0. The monoisotopic (exact) mass is 507 g/mol. The van der Waals surface area contributed by atoms with Crippen LogP contribution in [0.4, 0.5) is 0 Å². The normalized spacial score (nSPS) is 19.0. The summed E-state index contributed by atoms with van der Waals surface area (Å²) in [6.45, 7) is 10.4. The van der Waals surface area contributed by atoms with Gasteiger partial charge in [0, 0.05) is 17.0 Å². The van der Waals surface area contributed by atoms with Gasteiger partial charge in [0.2, 0.25) is 0 Å². The molecule has 2 heterocycles. The summed E-state index contributed by atoms with van der Waals surface area (Å²) < 4.78 is 6.01. The molecule has 188 valence electrons. The number of nitrogens with zero attached hydrogens (tertiary/aromatic N) is 1. The van der Waals surface area contributed by atoms with E-state index in [1.54, 1.807) is 5.38 Å². The second-order valence-electron chi connectivity index (χ2n) is 9.66. The van der Waals surface area contributed by atoms with E-state index in [9.17, 15) is 24.9 Å². The second-order valence-corrected chi connectivity index (χ2v) is 10.6. The Balaban J connectivity index is 1.83. The standard InChI is InChI=1S/C28H29NO6S/c1-13(2)8-7-9-14(3)10-20-29-17(12-36-20)22-24(32)15(4)25(33)23-26(22)35-19-11-18(31)21(16(5)30)27(34)28(19,23)6/h8,10-12,31-33H,7,9H2,1-6H3/b14-10+/t28-/m0/s1. The fourth-order valence-electron chi connectivity index (χ4n) is 4.61. The number of ketones is 2. The quantitative estimate of drug-likeness (QED) is 0.315. The fraction of sp³-hybridized carbons (Fsp3) is 0.321.